The number of nitrogens with zero attached hydrogens (tertiary/aromatic N) is 3. The Morgan fingerprint density at radius 3 is 2.18 bits per heavy atom. The summed E-state index contributed by atoms with van der Waals surface area (Å²) in [6.45, 7) is 2.29. The van der Waals surface area contributed by atoms with E-state index in [9.17, 15) is 0 Å². The van der Waals surface area contributed by atoms with Crippen molar-refractivity contribution in [3.63, 3.8) is 0 Å². The number of rotatable bonds is 10. The van der Waals surface area contributed by atoms with Gasteiger partial charge < -0.3 is 19.2 Å². The molecule has 0 spiro atoms. The molecule has 0 radical (unpaired) electrons. The number of para-hydroxylation sites is 2. The highest BCUT2D eigenvalue weighted by Crippen LogP contribution is 2.50. The summed E-state index contributed by atoms with van der Waals surface area (Å²) in [7, 11) is 0. The number of hydrogen-bond acceptors (Lipinski definition) is 3. The van der Waals surface area contributed by atoms with Crippen LogP contribution in [0, 0.1) is 11.8 Å². The van der Waals surface area contributed by atoms with Crippen molar-refractivity contribution < 1.29 is 4.74 Å². The molecule has 2 aliphatic heterocycles. The third-order valence-electron chi connectivity index (χ3n) is 20.3. The topological polar surface area (TPSA) is 43.5 Å². The molecule has 430 valence electrons. The molecule has 0 bridgehead atoms. The zero-order valence-electron chi connectivity index (χ0n) is 50.2. The number of nitrogens with one attached hydrogen (secondary N) is 1. The van der Waals surface area contributed by atoms with E-state index in [1.807, 2.05) is 0 Å². The Bertz CT molecular complexity index is 4710. The average Bonchev–Trinajstić information content (AvgIpc) is 1.94. The number of fused-ring (bicyclic) bond motifs is 8. The van der Waals surface area contributed by atoms with Crippen LogP contribution in [-0.2, 0) is 11.2 Å². The van der Waals surface area contributed by atoms with Gasteiger partial charge in [-0.2, -0.15) is 0 Å². The minimum Gasteiger partial charge on any atom is -0.489 e. The van der Waals surface area contributed by atoms with Crippen LogP contribution in [0.25, 0.3) is 72.6 Å². The Morgan fingerprint density at radius 2 is 1.28 bits per heavy atom. The number of allylic oxidation sites excluding steroid dienone is 23. The summed E-state index contributed by atoms with van der Waals surface area (Å²) in [6.07, 6.45) is 58.7. The van der Waals surface area contributed by atoms with Crippen LogP contribution in [0.2, 0.25) is 0 Å². The molecule has 5 heteroatoms. The quantitative estimate of drug-likeness (QED) is 0.148. The van der Waals surface area contributed by atoms with Gasteiger partial charge in [0.2, 0.25) is 0 Å². The molecule has 2 aromatic heterocycles. The van der Waals surface area contributed by atoms with E-state index >= 15 is 0 Å². The largest absolute Gasteiger partial charge is 0.489 e. The van der Waals surface area contributed by atoms with Gasteiger partial charge in [-0.25, -0.2) is 0 Å². The van der Waals surface area contributed by atoms with Crippen molar-refractivity contribution >= 4 is 78.4 Å². The fraction of sp³-hybridized carbons (Fsp3) is 0.217. The van der Waals surface area contributed by atoms with E-state index in [0.29, 0.717) is 0 Å². The molecular weight excluding hydrogens is 1070 g/mol. The lowest BCUT2D eigenvalue weighted by Gasteiger charge is -2.34. The molecule has 10 aliphatic rings. The molecule has 7 aromatic rings. The maximum atomic E-state index is 7.10. The van der Waals surface area contributed by atoms with Gasteiger partial charge in [0.05, 0.1) is 16.6 Å². The van der Waals surface area contributed by atoms with E-state index in [4.69, 9.17) is 9.73 Å². The van der Waals surface area contributed by atoms with Crippen molar-refractivity contribution in [2.75, 3.05) is 0 Å². The molecule has 0 amide bonds. The number of aliphatic imine (C=N–C) groups is 1. The number of benzene rings is 5. The summed E-state index contributed by atoms with van der Waals surface area (Å²) < 4.78 is 12.2. The van der Waals surface area contributed by atoms with E-state index < -0.39 is 5.54 Å². The maximum absolute atomic E-state index is 7.10. The third kappa shape index (κ3) is 9.23. The second-order valence-electron chi connectivity index (χ2n) is 25.7. The van der Waals surface area contributed by atoms with Crippen LogP contribution in [0.5, 0.6) is 0 Å². The van der Waals surface area contributed by atoms with Crippen LogP contribution in [0.1, 0.15) is 117 Å². The van der Waals surface area contributed by atoms with Crippen LogP contribution in [-0.4, -0.2) is 26.6 Å². The molecule has 0 fully saturated rings. The second-order valence-corrected chi connectivity index (χ2v) is 25.7. The minimum absolute atomic E-state index is 0.0629. The monoisotopic (exact) mass is 1140 g/mol. The standard InChI is InChI=1S/C83H72N4O/c1-83(53-75(54-21-4-2-5-22-54)84-82(85-83)55-23-6-3-7-24-55)65-32-18-28-59(47-65)57-26-16-25-56(45-57)58-27-17-31-63(46-58)72-51-64(52-74-71-38-11-15-42-80(71)88-81(72)74)61-30-20-34-67(49-61)87-78-41-14-10-37-70(78)73-50-62(43-44-79(73)87)60-29-19-33-66(48-60)86-76-39-12-8-35-68(76)69-36-9-13-40-77(69)86/h2-6,8-12,14,17,20-23,26-27,31-39,41,43-53,61,74,81H,7,13,15-16,18-19,24-25,28-30,40,42H2,1H3,(H,84,85). The van der Waals surface area contributed by atoms with Gasteiger partial charge in [0.25, 0.3) is 0 Å². The molecular formula is C83H72N4O. The van der Waals surface area contributed by atoms with Crippen molar-refractivity contribution in [2.45, 2.75) is 102 Å². The van der Waals surface area contributed by atoms with Gasteiger partial charge in [0.15, 0.2) is 0 Å². The predicted octanol–water partition coefficient (Wildman–Crippen LogP) is 20.3. The Labute approximate surface area is 517 Å². The van der Waals surface area contributed by atoms with E-state index in [-0.39, 0.29) is 17.9 Å². The van der Waals surface area contributed by atoms with Crippen molar-refractivity contribution in [1.29, 1.82) is 0 Å². The van der Waals surface area contributed by atoms with Gasteiger partial charge in [0.1, 0.15) is 23.2 Å². The number of ether oxygens (including phenoxy) is 1. The average molecular weight is 1140 g/mol. The normalized spacial score (nSPS) is 23.9. The molecule has 88 heavy (non-hydrogen) atoms. The Hall–Kier alpha value is -9.45. The van der Waals surface area contributed by atoms with Crippen LogP contribution < -0.4 is 5.32 Å². The first-order chi connectivity index (χ1) is 43.4. The highest BCUT2D eigenvalue weighted by atomic mass is 16.5. The maximum Gasteiger partial charge on any atom is 0.134 e. The van der Waals surface area contributed by atoms with E-state index in [1.54, 1.807) is 0 Å². The summed E-state index contributed by atoms with van der Waals surface area (Å²) in [5, 5.41) is 7.69. The number of aromatic nitrogens is 2. The van der Waals surface area contributed by atoms with Gasteiger partial charge in [-0.05, 0) is 194 Å². The first-order valence-electron chi connectivity index (χ1n) is 32.5. The minimum atomic E-state index is -0.517. The summed E-state index contributed by atoms with van der Waals surface area (Å²) in [6, 6.07) is 45.4. The van der Waals surface area contributed by atoms with Crippen LogP contribution in [0.3, 0.4) is 0 Å². The first kappa shape index (κ1) is 52.8. The van der Waals surface area contributed by atoms with Crippen LogP contribution in [0.4, 0.5) is 0 Å². The molecule has 4 atom stereocenters. The molecule has 8 aliphatic carbocycles. The zero-order chi connectivity index (χ0) is 58.3. The van der Waals surface area contributed by atoms with E-state index in [0.717, 1.165) is 95.0 Å². The Morgan fingerprint density at radius 1 is 0.545 bits per heavy atom. The summed E-state index contributed by atoms with van der Waals surface area (Å²) in [4.78, 5) is 5.53. The molecule has 5 aromatic carbocycles. The number of amidine groups is 1. The van der Waals surface area contributed by atoms with Gasteiger partial charge in [-0.3, -0.25) is 4.99 Å². The van der Waals surface area contributed by atoms with Gasteiger partial charge in [-0.1, -0.05) is 188 Å². The summed E-state index contributed by atoms with van der Waals surface area (Å²) in [5.41, 5.74) is 26.8. The van der Waals surface area contributed by atoms with Crippen molar-refractivity contribution in [3.8, 4) is 0 Å². The fourth-order valence-electron chi connectivity index (χ4n) is 15.9. The van der Waals surface area contributed by atoms with Gasteiger partial charge in [-0.15, -0.1) is 0 Å². The third-order valence-corrected chi connectivity index (χ3v) is 20.3. The molecule has 0 saturated heterocycles. The first-order valence-corrected chi connectivity index (χ1v) is 32.5. The Kier molecular flexibility index (Phi) is 13.1. The summed E-state index contributed by atoms with van der Waals surface area (Å²) >= 11 is 0. The number of hydrogen-bond donors (Lipinski definition) is 1. The van der Waals surface area contributed by atoms with Crippen LogP contribution >= 0.6 is 0 Å². The van der Waals surface area contributed by atoms with E-state index in [1.165, 1.54) is 134 Å². The molecule has 5 nitrogen and oxygen atoms in total. The fourth-order valence-corrected chi connectivity index (χ4v) is 15.9. The smallest absolute Gasteiger partial charge is 0.134 e. The predicted molar refractivity (Wildman–Crippen MR) is 369 cm³/mol. The lowest BCUT2D eigenvalue weighted by atomic mass is 9.76. The van der Waals surface area contributed by atoms with E-state index in [2.05, 4.69) is 258 Å². The molecule has 17 rings (SSSR count). The summed E-state index contributed by atoms with van der Waals surface area (Å²) in [5.74, 6) is 2.50. The molecule has 0 saturated carbocycles. The van der Waals surface area contributed by atoms with Gasteiger partial charge in [0, 0.05) is 73.9 Å². The van der Waals surface area contributed by atoms with Crippen molar-refractivity contribution in [2.24, 2.45) is 16.8 Å². The lowest BCUT2D eigenvalue weighted by molar-refractivity contribution is 0.165. The molecule has 4 unspecified atom stereocenters. The van der Waals surface area contributed by atoms with Gasteiger partial charge >= 0.3 is 0 Å². The molecule has 4 heterocycles. The molecule has 1 N–H and O–H groups in total. The highest BCUT2D eigenvalue weighted by molar-refractivity contribution is 6.12. The van der Waals surface area contributed by atoms with Crippen molar-refractivity contribution in [3.05, 3.63) is 303 Å². The SMILES string of the molecule is CC1(C2=CCCC(C3=CCCC(c4cccc(C5=CC(C6C=C(n7c8ccccc8c8cc(C9=CC(n%10c%11c(c%12ccccc%12%10)C=CCC%11)=CCC9)ccc87)C=CC6)=CC6C7=C(CCC=C7)OC56)c4)=C3)=C2)C=C(c2ccccc2)NC(C2=CC=CCC2)=N1. The Balaban J connectivity index is 0.686. The van der Waals surface area contributed by atoms with Crippen LogP contribution in [0.15, 0.2) is 275 Å². The lowest BCUT2D eigenvalue weighted by Crippen LogP contribution is -2.37. The zero-order valence-corrected chi connectivity index (χ0v) is 50.2. The van der Waals surface area contributed by atoms with Crippen molar-refractivity contribution in [1.82, 2.24) is 14.5 Å². The second kappa shape index (κ2) is 21.7. The highest BCUT2D eigenvalue weighted by Gasteiger charge is 2.41.